The summed E-state index contributed by atoms with van der Waals surface area (Å²) in [5, 5.41) is 9.67. The zero-order valence-corrected chi connectivity index (χ0v) is 12.8. The normalized spacial score (nSPS) is 13.7. The van der Waals surface area contributed by atoms with Crippen LogP contribution < -0.4 is 4.90 Å². The third-order valence-corrected chi connectivity index (χ3v) is 4.22. The Bertz CT molecular complexity index is 646. The van der Waals surface area contributed by atoms with E-state index in [2.05, 4.69) is 36.8 Å². The minimum Gasteiger partial charge on any atom is -0.506 e. The molecule has 0 radical (unpaired) electrons. The number of rotatable bonds is 1. The Morgan fingerprint density at radius 1 is 1.26 bits per heavy atom. The Hall–Kier alpha value is -1.34. The first-order valence-corrected chi connectivity index (χ1v) is 7.17. The standard InChI is InChI=1S/C12H9Br2N3O2/c13-8-5-7(6-9(14)10(8)18)11(19)17-4-3-16-2-1-15-12(16)17/h1-2,5-6,18H,3-4H2. The number of phenols is 1. The number of aromatic nitrogens is 2. The summed E-state index contributed by atoms with van der Waals surface area (Å²) in [6.07, 6.45) is 3.53. The molecule has 0 unspecified atom stereocenters. The van der Waals surface area contributed by atoms with Crippen LogP contribution in [0.25, 0.3) is 0 Å². The van der Waals surface area contributed by atoms with E-state index in [1.807, 2.05) is 10.8 Å². The highest BCUT2D eigenvalue weighted by atomic mass is 79.9. The van der Waals surface area contributed by atoms with Crippen LogP contribution >= 0.6 is 31.9 Å². The molecule has 19 heavy (non-hydrogen) atoms. The molecule has 0 saturated heterocycles. The van der Waals surface area contributed by atoms with Gasteiger partial charge >= 0.3 is 0 Å². The Labute approximate surface area is 126 Å². The molecule has 1 amide bonds. The Kier molecular flexibility index (Phi) is 3.10. The molecule has 0 aliphatic carbocycles. The van der Waals surface area contributed by atoms with E-state index >= 15 is 0 Å². The first-order chi connectivity index (χ1) is 9.08. The van der Waals surface area contributed by atoms with E-state index in [9.17, 15) is 9.90 Å². The van der Waals surface area contributed by atoms with Gasteiger partial charge in [0.1, 0.15) is 5.75 Å². The van der Waals surface area contributed by atoms with E-state index in [0.717, 1.165) is 6.54 Å². The zero-order chi connectivity index (χ0) is 13.6. The highest BCUT2D eigenvalue weighted by Crippen LogP contribution is 2.34. The van der Waals surface area contributed by atoms with Crippen LogP contribution in [-0.4, -0.2) is 27.1 Å². The molecule has 98 valence electrons. The van der Waals surface area contributed by atoms with Crippen LogP contribution in [0.1, 0.15) is 10.4 Å². The number of carbonyl (C=O) groups is 1. The largest absolute Gasteiger partial charge is 0.506 e. The molecule has 2 aromatic rings. The van der Waals surface area contributed by atoms with Crippen molar-refractivity contribution in [3.05, 3.63) is 39.0 Å². The smallest absolute Gasteiger partial charge is 0.260 e. The summed E-state index contributed by atoms with van der Waals surface area (Å²) in [5.41, 5.74) is 0.494. The monoisotopic (exact) mass is 385 g/mol. The number of halogens is 2. The van der Waals surface area contributed by atoms with Gasteiger partial charge in [0, 0.05) is 31.0 Å². The van der Waals surface area contributed by atoms with E-state index in [1.54, 1.807) is 23.2 Å². The maximum atomic E-state index is 12.5. The predicted molar refractivity (Wildman–Crippen MR) is 77.4 cm³/mol. The highest BCUT2D eigenvalue weighted by molar-refractivity contribution is 9.11. The van der Waals surface area contributed by atoms with Crippen molar-refractivity contribution in [2.24, 2.45) is 0 Å². The van der Waals surface area contributed by atoms with Gasteiger partial charge in [0.25, 0.3) is 5.91 Å². The van der Waals surface area contributed by atoms with Crippen molar-refractivity contribution in [2.45, 2.75) is 6.54 Å². The van der Waals surface area contributed by atoms with E-state index < -0.39 is 0 Å². The number of phenolic OH excluding ortho intramolecular Hbond substituents is 1. The molecule has 1 aromatic carbocycles. The quantitative estimate of drug-likeness (QED) is 0.819. The van der Waals surface area contributed by atoms with Gasteiger partial charge in [-0.1, -0.05) is 0 Å². The maximum Gasteiger partial charge on any atom is 0.260 e. The zero-order valence-electron chi connectivity index (χ0n) is 9.68. The van der Waals surface area contributed by atoms with Crippen LogP contribution in [-0.2, 0) is 6.54 Å². The van der Waals surface area contributed by atoms with E-state index in [-0.39, 0.29) is 11.7 Å². The Morgan fingerprint density at radius 2 is 1.95 bits per heavy atom. The van der Waals surface area contributed by atoms with Crippen molar-refractivity contribution in [3.63, 3.8) is 0 Å². The van der Waals surface area contributed by atoms with E-state index in [1.165, 1.54) is 0 Å². The second kappa shape index (κ2) is 4.64. The van der Waals surface area contributed by atoms with Crippen LogP contribution in [0.4, 0.5) is 5.95 Å². The molecular weight excluding hydrogens is 378 g/mol. The fourth-order valence-electron chi connectivity index (χ4n) is 2.07. The van der Waals surface area contributed by atoms with Crippen LogP contribution in [0.3, 0.4) is 0 Å². The lowest BCUT2D eigenvalue weighted by molar-refractivity contribution is 0.0988. The number of carbonyl (C=O) groups excluding carboxylic acids is 1. The molecule has 5 nitrogen and oxygen atoms in total. The number of imidazole rings is 1. The molecule has 1 aliphatic heterocycles. The number of benzene rings is 1. The number of aromatic hydroxyl groups is 1. The summed E-state index contributed by atoms with van der Waals surface area (Å²) >= 11 is 6.45. The third kappa shape index (κ3) is 2.06. The predicted octanol–water partition coefficient (Wildman–Crippen LogP) is 2.77. The molecule has 0 fully saturated rings. The highest BCUT2D eigenvalue weighted by Gasteiger charge is 2.27. The summed E-state index contributed by atoms with van der Waals surface area (Å²) in [6, 6.07) is 3.21. The molecule has 0 spiro atoms. The average molecular weight is 387 g/mol. The molecule has 3 rings (SSSR count). The summed E-state index contributed by atoms with van der Waals surface area (Å²) < 4.78 is 2.89. The van der Waals surface area contributed by atoms with Gasteiger partial charge in [-0.05, 0) is 44.0 Å². The van der Waals surface area contributed by atoms with Gasteiger partial charge < -0.3 is 9.67 Å². The third-order valence-electron chi connectivity index (χ3n) is 3.01. The lowest BCUT2D eigenvalue weighted by Gasteiger charge is -2.14. The fourth-order valence-corrected chi connectivity index (χ4v) is 3.25. The van der Waals surface area contributed by atoms with Gasteiger partial charge in [0.2, 0.25) is 5.95 Å². The summed E-state index contributed by atoms with van der Waals surface area (Å²) in [5.74, 6) is 0.608. The second-order valence-corrected chi connectivity index (χ2v) is 5.87. The minimum absolute atomic E-state index is 0.0828. The lowest BCUT2D eigenvalue weighted by Crippen LogP contribution is -2.29. The minimum atomic E-state index is -0.133. The van der Waals surface area contributed by atoms with Gasteiger partial charge in [-0.3, -0.25) is 9.69 Å². The van der Waals surface area contributed by atoms with E-state index in [4.69, 9.17) is 0 Å². The lowest BCUT2D eigenvalue weighted by atomic mass is 10.2. The number of hydrogen-bond acceptors (Lipinski definition) is 3. The number of anilines is 1. The molecule has 1 N–H and O–H groups in total. The molecular formula is C12H9Br2N3O2. The first kappa shape index (κ1) is 12.7. The topological polar surface area (TPSA) is 58.4 Å². The molecule has 7 heteroatoms. The Morgan fingerprint density at radius 3 is 2.63 bits per heavy atom. The Balaban J connectivity index is 1.98. The summed E-state index contributed by atoms with van der Waals surface area (Å²) in [6.45, 7) is 1.36. The van der Waals surface area contributed by atoms with E-state index in [0.29, 0.717) is 27.0 Å². The average Bonchev–Trinajstić information content (AvgIpc) is 2.96. The van der Waals surface area contributed by atoms with Gasteiger partial charge in [0.05, 0.1) is 8.95 Å². The van der Waals surface area contributed by atoms with Crippen LogP contribution in [0.2, 0.25) is 0 Å². The number of fused-ring (bicyclic) bond motifs is 1. The van der Waals surface area contributed by atoms with Gasteiger partial charge in [-0.15, -0.1) is 0 Å². The second-order valence-electron chi connectivity index (χ2n) is 4.17. The van der Waals surface area contributed by atoms with Gasteiger partial charge in [0.15, 0.2) is 0 Å². The molecule has 1 aliphatic rings. The van der Waals surface area contributed by atoms with Crippen LogP contribution in [0.5, 0.6) is 5.75 Å². The SMILES string of the molecule is O=C(c1cc(Br)c(O)c(Br)c1)N1CCn2ccnc21. The van der Waals surface area contributed by atoms with Gasteiger partial charge in [-0.25, -0.2) is 4.98 Å². The first-order valence-electron chi connectivity index (χ1n) is 5.59. The number of nitrogens with zero attached hydrogens (tertiary/aromatic N) is 3. The van der Waals surface area contributed by atoms with Crippen molar-refractivity contribution < 1.29 is 9.90 Å². The molecule has 1 aromatic heterocycles. The summed E-state index contributed by atoms with van der Waals surface area (Å²) in [4.78, 5) is 18.3. The van der Waals surface area contributed by atoms with Crippen molar-refractivity contribution in [1.82, 2.24) is 9.55 Å². The summed E-state index contributed by atoms with van der Waals surface area (Å²) in [7, 11) is 0. The molecule has 2 heterocycles. The fraction of sp³-hybridized carbons (Fsp3) is 0.167. The molecule has 0 saturated carbocycles. The van der Waals surface area contributed by atoms with Crippen molar-refractivity contribution >= 4 is 43.7 Å². The van der Waals surface area contributed by atoms with Crippen molar-refractivity contribution in [1.29, 1.82) is 0 Å². The number of hydrogen-bond donors (Lipinski definition) is 1. The van der Waals surface area contributed by atoms with Crippen molar-refractivity contribution in [2.75, 3.05) is 11.4 Å². The molecule has 0 atom stereocenters. The molecule has 0 bridgehead atoms. The number of amides is 1. The van der Waals surface area contributed by atoms with Crippen molar-refractivity contribution in [3.8, 4) is 5.75 Å². The van der Waals surface area contributed by atoms with Gasteiger partial charge in [-0.2, -0.15) is 0 Å². The van der Waals surface area contributed by atoms with Crippen LogP contribution in [0, 0.1) is 0 Å². The van der Waals surface area contributed by atoms with Crippen LogP contribution in [0.15, 0.2) is 33.5 Å². The maximum absolute atomic E-state index is 12.5.